The van der Waals surface area contributed by atoms with Crippen LogP contribution in [0.1, 0.15) is 24.3 Å². The second kappa shape index (κ2) is 5.88. The van der Waals surface area contributed by atoms with Crippen LogP contribution in [-0.2, 0) is 6.42 Å². The van der Waals surface area contributed by atoms with E-state index in [0.29, 0.717) is 0 Å². The smallest absolute Gasteiger partial charge is 0.120 e. The molecule has 0 aliphatic carbocycles. The quantitative estimate of drug-likeness (QED) is 0.764. The lowest BCUT2D eigenvalue weighted by molar-refractivity contribution is 0.433. The number of hydrogen-bond acceptors (Lipinski definition) is 3. The fourth-order valence-corrected chi connectivity index (χ4v) is 2.43. The number of pyridine rings is 1. The predicted octanol–water partition coefficient (Wildman–Crippen LogP) is 3.72. The van der Waals surface area contributed by atoms with Gasteiger partial charge in [0.25, 0.3) is 0 Å². The van der Waals surface area contributed by atoms with E-state index < -0.39 is 0 Å². The molecule has 3 aromatic rings. The highest BCUT2D eigenvalue weighted by Gasteiger charge is 2.07. The average molecular weight is 266 g/mol. The van der Waals surface area contributed by atoms with Crippen molar-refractivity contribution in [2.75, 3.05) is 6.54 Å². The highest BCUT2D eigenvalue weighted by atomic mass is 16.3. The molecule has 0 saturated heterocycles. The summed E-state index contributed by atoms with van der Waals surface area (Å²) in [5.74, 6) is 0.973. The van der Waals surface area contributed by atoms with Crippen LogP contribution in [0, 0.1) is 0 Å². The predicted molar refractivity (Wildman–Crippen MR) is 80.6 cm³/mol. The first kappa shape index (κ1) is 12.9. The number of furan rings is 1. The van der Waals surface area contributed by atoms with Gasteiger partial charge in [-0.2, -0.15) is 0 Å². The number of nitrogens with one attached hydrogen (secondary N) is 1. The van der Waals surface area contributed by atoms with Gasteiger partial charge in [0.05, 0.1) is 17.8 Å². The Kier molecular flexibility index (Phi) is 3.79. The van der Waals surface area contributed by atoms with Crippen molar-refractivity contribution in [3.05, 3.63) is 66.2 Å². The van der Waals surface area contributed by atoms with E-state index in [1.54, 1.807) is 6.26 Å². The minimum Gasteiger partial charge on any atom is -0.468 e. The van der Waals surface area contributed by atoms with Crippen LogP contribution in [0.15, 0.2) is 59.3 Å². The number of fused-ring (bicyclic) bond motifs is 1. The topological polar surface area (TPSA) is 38.1 Å². The standard InChI is InChI=1S/C17H18N2O/c1-13(16-8-4-12-20-16)18-11-9-15-6-2-5-14-7-3-10-19-17(14)15/h2-8,10,12-13,18H,9,11H2,1H3/t13-/m1/s1. The third kappa shape index (κ3) is 2.73. The van der Waals surface area contributed by atoms with Gasteiger partial charge in [-0.1, -0.05) is 24.3 Å². The number of nitrogens with zero attached hydrogens (tertiary/aromatic N) is 1. The molecule has 1 N–H and O–H groups in total. The van der Waals surface area contributed by atoms with E-state index in [-0.39, 0.29) is 6.04 Å². The molecule has 0 spiro atoms. The molecule has 1 aromatic carbocycles. The fraction of sp³-hybridized carbons (Fsp3) is 0.235. The zero-order valence-corrected chi connectivity index (χ0v) is 11.5. The van der Waals surface area contributed by atoms with E-state index in [9.17, 15) is 0 Å². The van der Waals surface area contributed by atoms with Crippen molar-refractivity contribution < 1.29 is 4.42 Å². The lowest BCUT2D eigenvalue weighted by Gasteiger charge is -2.11. The summed E-state index contributed by atoms with van der Waals surface area (Å²) in [4.78, 5) is 4.48. The van der Waals surface area contributed by atoms with Crippen molar-refractivity contribution in [1.82, 2.24) is 10.3 Å². The number of benzene rings is 1. The summed E-state index contributed by atoms with van der Waals surface area (Å²) in [5.41, 5.74) is 2.38. The maximum absolute atomic E-state index is 5.39. The number of aromatic nitrogens is 1. The fourth-order valence-electron chi connectivity index (χ4n) is 2.43. The zero-order chi connectivity index (χ0) is 13.8. The minimum absolute atomic E-state index is 0.230. The Hall–Kier alpha value is -2.13. The van der Waals surface area contributed by atoms with Gasteiger partial charge in [-0.05, 0) is 43.7 Å². The van der Waals surface area contributed by atoms with E-state index in [1.807, 2.05) is 24.4 Å². The third-order valence-electron chi connectivity index (χ3n) is 3.53. The van der Waals surface area contributed by atoms with Crippen molar-refractivity contribution in [3.8, 4) is 0 Å². The van der Waals surface area contributed by atoms with Crippen LogP contribution >= 0.6 is 0 Å². The molecule has 0 fully saturated rings. The maximum Gasteiger partial charge on any atom is 0.120 e. The van der Waals surface area contributed by atoms with Gasteiger partial charge in [0.2, 0.25) is 0 Å². The Morgan fingerprint density at radius 1 is 1.15 bits per heavy atom. The molecule has 0 aliphatic heterocycles. The van der Waals surface area contributed by atoms with Crippen LogP contribution < -0.4 is 5.32 Å². The molecule has 0 amide bonds. The molecule has 3 heteroatoms. The molecule has 0 aliphatic rings. The van der Waals surface area contributed by atoms with Crippen molar-refractivity contribution in [3.63, 3.8) is 0 Å². The van der Waals surface area contributed by atoms with Gasteiger partial charge < -0.3 is 9.73 Å². The second-order valence-corrected chi connectivity index (χ2v) is 4.93. The van der Waals surface area contributed by atoms with Gasteiger partial charge in [-0.15, -0.1) is 0 Å². The highest BCUT2D eigenvalue weighted by molar-refractivity contribution is 5.81. The summed E-state index contributed by atoms with van der Waals surface area (Å²) in [7, 11) is 0. The maximum atomic E-state index is 5.39. The molecule has 20 heavy (non-hydrogen) atoms. The summed E-state index contributed by atoms with van der Waals surface area (Å²) in [5, 5.41) is 4.67. The Labute approximate surface area is 118 Å². The lowest BCUT2D eigenvalue weighted by Crippen LogP contribution is -2.21. The van der Waals surface area contributed by atoms with Gasteiger partial charge >= 0.3 is 0 Å². The summed E-state index contributed by atoms with van der Waals surface area (Å²) in [6.45, 7) is 3.01. The van der Waals surface area contributed by atoms with E-state index in [4.69, 9.17) is 4.42 Å². The van der Waals surface area contributed by atoms with Crippen molar-refractivity contribution in [1.29, 1.82) is 0 Å². The van der Waals surface area contributed by atoms with Crippen molar-refractivity contribution >= 4 is 10.9 Å². The molecule has 3 nitrogen and oxygen atoms in total. The van der Waals surface area contributed by atoms with Crippen LogP contribution in [0.25, 0.3) is 10.9 Å². The number of hydrogen-bond donors (Lipinski definition) is 1. The summed E-state index contributed by atoms with van der Waals surface area (Å²) in [6, 6.07) is 14.6. The summed E-state index contributed by atoms with van der Waals surface area (Å²) >= 11 is 0. The molecular formula is C17H18N2O. The Morgan fingerprint density at radius 3 is 2.90 bits per heavy atom. The van der Waals surface area contributed by atoms with Gasteiger partial charge in [0.15, 0.2) is 0 Å². The molecule has 0 unspecified atom stereocenters. The van der Waals surface area contributed by atoms with Crippen LogP contribution in [-0.4, -0.2) is 11.5 Å². The molecule has 2 aromatic heterocycles. The molecule has 1 atom stereocenters. The molecule has 2 heterocycles. The molecule has 0 radical (unpaired) electrons. The Bertz CT molecular complexity index is 671. The molecule has 0 bridgehead atoms. The minimum atomic E-state index is 0.230. The van der Waals surface area contributed by atoms with E-state index in [0.717, 1.165) is 24.2 Å². The van der Waals surface area contributed by atoms with Gasteiger partial charge in [-0.3, -0.25) is 4.98 Å². The van der Waals surface area contributed by atoms with E-state index in [2.05, 4.69) is 41.5 Å². The monoisotopic (exact) mass is 266 g/mol. The molecule has 0 saturated carbocycles. The van der Waals surface area contributed by atoms with Crippen LogP contribution in [0.5, 0.6) is 0 Å². The van der Waals surface area contributed by atoms with Crippen molar-refractivity contribution in [2.45, 2.75) is 19.4 Å². The first-order chi connectivity index (χ1) is 9.84. The first-order valence-corrected chi connectivity index (χ1v) is 6.94. The summed E-state index contributed by atoms with van der Waals surface area (Å²) < 4.78 is 5.39. The lowest BCUT2D eigenvalue weighted by atomic mass is 10.1. The van der Waals surface area contributed by atoms with Crippen molar-refractivity contribution in [2.24, 2.45) is 0 Å². The van der Waals surface area contributed by atoms with E-state index >= 15 is 0 Å². The van der Waals surface area contributed by atoms with Crippen LogP contribution in [0.4, 0.5) is 0 Å². The highest BCUT2D eigenvalue weighted by Crippen LogP contribution is 2.17. The molecular weight excluding hydrogens is 248 g/mol. The zero-order valence-electron chi connectivity index (χ0n) is 11.5. The SMILES string of the molecule is C[C@@H](NCCc1cccc2cccnc12)c1ccco1. The normalized spacial score (nSPS) is 12.7. The number of para-hydroxylation sites is 1. The van der Waals surface area contributed by atoms with Gasteiger partial charge in [-0.25, -0.2) is 0 Å². The first-order valence-electron chi connectivity index (χ1n) is 6.94. The van der Waals surface area contributed by atoms with Crippen LogP contribution in [0.2, 0.25) is 0 Å². The second-order valence-electron chi connectivity index (χ2n) is 4.93. The average Bonchev–Trinajstić information content (AvgIpc) is 3.02. The largest absolute Gasteiger partial charge is 0.468 e. The van der Waals surface area contributed by atoms with Gasteiger partial charge in [0, 0.05) is 11.6 Å². The van der Waals surface area contributed by atoms with Gasteiger partial charge in [0.1, 0.15) is 5.76 Å². The van der Waals surface area contributed by atoms with E-state index in [1.165, 1.54) is 10.9 Å². The molecule has 3 rings (SSSR count). The third-order valence-corrected chi connectivity index (χ3v) is 3.53. The molecule has 102 valence electrons. The summed E-state index contributed by atoms with van der Waals surface area (Å²) in [6.07, 6.45) is 4.52. The Morgan fingerprint density at radius 2 is 2.05 bits per heavy atom. The number of rotatable bonds is 5. The van der Waals surface area contributed by atoms with Crippen LogP contribution in [0.3, 0.4) is 0 Å². The Balaban J connectivity index is 1.66.